The number of nitrogens with one attached hydrogen (secondary N) is 1. The van der Waals surface area contributed by atoms with Crippen LogP contribution < -0.4 is 5.32 Å². The Labute approximate surface area is 125 Å². The number of nitrogens with zero attached hydrogens (tertiary/aromatic N) is 1. The summed E-state index contributed by atoms with van der Waals surface area (Å²) < 4.78 is 0. The number of hydrogen-bond donors (Lipinski definition) is 2. The third kappa shape index (κ3) is 4.56. The van der Waals surface area contributed by atoms with Crippen LogP contribution in [0.1, 0.15) is 37.8 Å². The molecule has 0 saturated heterocycles. The number of hydrogen-bond acceptors (Lipinski definition) is 3. The third-order valence-electron chi connectivity index (χ3n) is 3.61. The number of rotatable bonds is 7. The molecule has 2 rings (SSSR count). The Balaban J connectivity index is 2.06. The Morgan fingerprint density at radius 1 is 1.33 bits per heavy atom. The molecule has 1 aromatic rings. The van der Waals surface area contributed by atoms with Crippen molar-refractivity contribution in [1.29, 1.82) is 0 Å². The lowest BCUT2D eigenvalue weighted by molar-refractivity contribution is -0.133. The highest BCUT2D eigenvalue weighted by Gasteiger charge is 2.33. The van der Waals surface area contributed by atoms with Gasteiger partial charge in [0, 0.05) is 19.5 Å². The van der Waals surface area contributed by atoms with Gasteiger partial charge >= 0.3 is 0 Å². The van der Waals surface area contributed by atoms with Gasteiger partial charge in [-0.3, -0.25) is 9.59 Å². The van der Waals surface area contributed by atoms with E-state index < -0.39 is 0 Å². The normalized spacial score (nSPS) is 15.3. The molecule has 21 heavy (non-hydrogen) atoms. The van der Waals surface area contributed by atoms with Crippen LogP contribution in [-0.4, -0.2) is 41.0 Å². The highest BCUT2D eigenvalue weighted by Crippen LogP contribution is 2.28. The van der Waals surface area contributed by atoms with Gasteiger partial charge in [-0.1, -0.05) is 30.3 Å². The van der Waals surface area contributed by atoms with Crippen molar-refractivity contribution in [3.63, 3.8) is 0 Å². The summed E-state index contributed by atoms with van der Waals surface area (Å²) >= 11 is 0. The number of benzene rings is 1. The largest absolute Gasteiger partial charge is 0.395 e. The number of aliphatic hydroxyl groups excluding tert-OH is 1. The first-order chi connectivity index (χ1) is 10.1. The molecular weight excluding hydrogens is 268 g/mol. The number of amides is 2. The van der Waals surface area contributed by atoms with Crippen LogP contribution in [0.5, 0.6) is 0 Å². The topological polar surface area (TPSA) is 69.6 Å². The monoisotopic (exact) mass is 290 g/mol. The Morgan fingerprint density at radius 3 is 2.52 bits per heavy atom. The molecule has 1 unspecified atom stereocenters. The summed E-state index contributed by atoms with van der Waals surface area (Å²) in [6, 6.07) is 9.43. The van der Waals surface area contributed by atoms with Gasteiger partial charge < -0.3 is 15.3 Å². The fourth-order valence-corrected chi connectivity index (χ4v) is 2.48. The van der Waals surface area contributed by atoms with Crippen molar-refractivity contribution < 1.29 is 14.7 Å². The number of aliphatic hydroxyl groups is 1. The van der Waals surface area contributed by atoms with Gasteiger partial charge in [-0.15, -0.1) is 0 Å². The molecule has 5 nitrogen and oxygen atoms in total. The lowest BCUT2D eigenvalue weighted by Gasteiger charge is -2.25. The average Bonchev–Trinajstić information content (AvgIpc) is 3.29. The maximum absolute atomic E-state index is 12.4. The third-order valence-corrected chi connectivity index (χ3v) is 3.61. The molecule has 0 heterocycles. The molecule has 1 aliphatic rings. The minimum absolute atomic E-state index is 0.0193. The van der Waals surface area contributed by atoms with Crippen molar-refractivity contribution in [3.05, 3.63) is 35.9 Å². The lowest BCUT2D eigenvalue weighted by Crippen LogP contribution is -2.38. The summed E-state index contributed by atoms with van der Waals surface area (Å²) in [7, 11) is 0. The second-order valence-electron chi connectivity index (χ2n) is 5.41. The lowest BCUT2D eigenvalue weighted by atomic mass is 10.0. The van der Waals surface area contributed by atoms with Crippen LogP contribution in [-0.2, 0) is 9.59 Å². The molecule has 0 aliphatic heterocycles. The Hall–Kier alpha value is -1.88. The summed E-state index contributed by atoms with van der Waals surface area (Å²) in [5.74, 6) is -0.175. The maximum atomic E-state index is 12.4. The number of carbonyl (C=O) groups is 2. The Kier molecular flexibility index (Phi) is 5.33. The van der Waals surface area contributed by atoms with E-state index in [2.05, 4.69) is 5.32 Å². The van der Waals surface area contributed by atoms with E-state index in [1.165, 1.54) is 6.92 Å². The van der Waals surface area contributed by atoms with Gasteiger partial charge in [-0.05, 0) is 18.4 Å². The van der Waals surface area contributed by atoms with Gasteiger partial charge in [0.2, 0.25) is 11.8 Å². The summed E-state index contributed by atoms with van der Waals surface area (Å²) in [5.41, 5.74) is 0.917. The van der Waals surface area contributed by atoms with Crippen molar-refractivity contribution in [2.75, 3.05) is 13.2 Å². The first kappa shape index (κ1) is 15.5. The van der Waals surface area contributed by atoms with Crippen molar-refractivity contribution in [2.24, 2.45) is 0 Å². The Morgan fingerprint density at radius 2 is 2.00 bits per heavy atom. The van der Waals surface area contributed by atoms with E-state index in [0.29, 0.717) is 6.54 Å². The van der Waals surface area contributed by atoms with E-state index in [0.717, 1.165) is 18.4 Å². The molecule has 1 atom stereocenters. The van der Waals surface area contributed by atoms with Crippen molar-refractivity contribution >= 4 is 11.8 Å². The van der Waals surface area contributed by atoms with Crippen molar-refractivity contribution in [2.45, 2.75) is 38.3 Å². The molecule has 1 fully saturated rings. The molecule has 2 amide bonds. The van der Waals surface area contributed by atoms with E-state index in [1.54, 1.807) is 4.90 Å². The standard InChI is InChI=1S/C16H22N2O3/c1-12(20)17-15(13-5-3-2-4-6-13)11-16(21)18(9-10-19)14-7-8-14/h2-6,14-15,19H,7-11H2,1H3,(H,17,20). The predicted molar refractivity (Wildman–Crippen MR) is 79.4 cm³/mol. The minimum Gasteiger partial charge on any atom is -0.395 e. The van der Waals surface area contributed by atoms with Crippen LogP contribution in [0.25, 0.3) is 0 Å². The van der Waals surface area contributed by atoms with Gasteiger partial charge in [0.15, 0.2) is 0 Å². The molecule has 114 valence electrons. The van der Waals surface area contributed by atoms with E-state index >= 15 is 0 Å². The molecule has 0 aromatic heterocycles. The molecule has 0 radical (unpaired) electrons. The van der Waals surface area contributed by atoms with Crippen LogP contribution in [0.15, 0.2) is 30.3 Å². The maximum Gasteiger partial charge on any atom is 0.225 e. The average molecular weight is 290 g/mol. The first-order valence-electron chi connectivity index (χ1n) is 7.34. The quantitative estimate of drug-likeness (QED) is 0.793. The first-order valence-corrected chi connectivity index (χ1v) is 7.34. The molecular formula is C16H22N2O3. The molecule has 1 aliphatic carbocycles. The van der Waals surface area contributed by atoms with Gasteiger partial charge in [0.1, 0.15) is 0 Å². The van der Waals surface area contributed by atoms with E-state index in [1.807, 2.05) is 30.3 Å². The molecule has 1 aromatic carbocycles. The van der Waals surface area contributed by atoms with Gasteiger partial charge in [-0.2, -0.15) is 0 Å². The van der Waals surface area contributed by atoms with Crippen LogP contribution in [0.2, 0.25) is 0 Å². The summed E-state index contributed by atoms with van der Waals surface area (Å²) in [6.07, 6.45) is 2.23. The molecule has 0 bridgehead atoms. The highest BCUT2D eigenvalue weighted by molar-refractivity contribution is 5.79. The minimum atomic E-state index is -0.323. The zero-order valence-corrected chi connectivity index (χ0v) is 12.3. The predicted octanol–water partition coefficient (Wildman–Crippen LogP) is 1.24. The highest BCUT2D eigenvalue weighted by atomic mass is 16.3. The second kappa shape index (κ2) is 7.22. The van der Waals surface area contributed by atoms with Crippen LogP contribution in [0.4, 0.5) is 0 Å². The van der Waals surface area contributed by atoms with Gasteiger partial charge in [0.25, 0.3) is 0 Å². The van der Waals surface area contributed by atoms with E-state index in [4.69, 9.17) is 5.11 Å². The van der Waals surface area contributed by atoms with Crippen LogP contribution in [0.3, 0.4) is 0 Å². The van der Waals surface area contributed by atoms with Gasteiger partial charge in [-0.25, -0.2) is 0 Å². The fourth-order valence-electron chi connectivity index (χ4n) is 2.48. The fraction of sp³-hybridized carbons (Fsp3) is 0.500. The number of carbonyl (C=O) groups excluding carboxylic acids is 2. The zero-order valence-electron chi connectivity index (χ0n) is 12.3. The van der Waals surface area contributed by atoms with E-state index in [-0.39, 0.29) is 36.9 Å². The van der Waals surface area contributed by atoms with Gasteiger partial charge in [0.05, 0.1) is 19.1 Å². The smallest absolute Gasteiger partial charge is 0.225 e. The summed E-state index contributed by atoms with van der Waals surface area (Å²) in [5, 5.41) is 11.9. The van der Waals surface area contributed by atoms with Crippen LogP contribution >= 0.6 is 0 Å². The van der Waals surface area contributed by atoms with Crippen LogP contribution in [0, 0.1) is 0 Å². The second-order valence-corrected chi connectivity index (χ2v) is 5.41. The molecule has 0 spiro atoms. The molecule has 1 saturated carbocycles. The van der Waals surface area contributed by atoms with Crippen molar-refractivity contribution in [3.8, 4) is 0 Å². The zero-order chi connectivity index (χ0) is 15.2. The summed E-state index contributed by atoms with van der Waals surface area (Å²) in [4.78, 5) is 25.6. The summed E-state index contributed by atoms with van der Waals surface area (Å²) in [6.45, 7) is 1.79. The Bertz CT molecular complexity index is 486. The SMILES string of the molecule is CC(=O)NC(CC(=O)N(CCO)C1CC1)c1ccccc1. The van der Waals surface area contributed by atoms with Crippen molar-refractivity contribution in [1.82, 2.24) is 10.2 Å². The molecule has 2 N–H and O–H groups in total. The van der Waals surface area contributed by atoms with E-state index in [9.17, 15) is 9.59 Å². The molecule has 5 heteroatoms.